The fourth-order valence-electron chi connectivity index (χ4n) is 1.14. The summed E-state index contributed by atoms with van der Waals surface area (Å²) in [6, 6.07) is 3.52. The van der Waals surface area contributed by atoms with Crippen LogP contribution < -0.4 is 5.32 Å². The molecule has 16 heavy (non-hydrogen) atoms. The zero-order valence-corrected chi connectivity index (χ0v) is 8.72. The number of hydrogen-bond acceptors (Lipinski definition) is 2. The van der Waals surface area contributed by atoms with E-state index in [1.165, 1.54) is 6.07 Å². The molecule has 0 heterocycles. The Morgan fingerprint density at radius 3 is 2.50 bits per heavy atom. The normalized spacial score (nSPS) is 9.94. The summed E-state index contributed by atoms with van der Waals surface area (Å²) < 4.78 is 25.3. The number of ketones is 1. The standard InChI is InChI=1S/C11H11F2NO2/c1-7(15)11(16)14-5-4-8-2-3-9(12)10(13)6-8/h2-3,6H,4-5H2,1H3,(H,14,16). The van der Waals surface area contributed by atoms with Crippen molar-refractivity contribution < 1.29 is 18.4 Å². The lowest BCUT2D eigenvalue weighted by Gasteiger charge is -2.03. The van der Waals surface area contributed by atoms with Gasteiger partial charge in [0, 0.05) is 13.5 Å². The molecule has 0 aromatic heterocycles. The summed E-state index contributed by atoms with van der Waals surface area (Å²) in [7, 11) is 0. The molecule has 1 amide bonds. The molecule has 0 saturated carbocycles. The Hall–Kier alpha value is -1.78. The molecule has 0 spiro atoms. The van der Waals surface area contributed by atoms with Crippen LogP contribution in [0.5, 0.6) is 0 Å². The van der Waals surface area contributed by atoms with E-state index in [9.17, 15) is 18.4 Å². The number of hydrogen-bond donors (Lipinski definition) is 1. The molecule has 5 heteroatoms. The van der Waals surface area contributed by atoms with Crippen LogP contribution in [-0.2, 0) is 16.0 Å². The van der Waals surface area contributed by atoms with E-state index in [1.54, 1.807) is 0 Å². The van der Waals surface area contributed by atoms with Gasteiger partial charge in [0.2, 0.25) is 5.78 Å². The van der Waals surface area contributed by atoms with Crippen molar-refractivity contribution >= 4 is 11.7 Å². The molecule has 0 unspecified atom stereocenters. The van der Waals surface area contributed by atoms with E-state index in [1.807, 2.05) is 0 Å². The van der Waals surface area contributed by atoms with Crippen LogP contribution in [0.1, 0.15) is 12.5 Å². The van der Waals surface area contributed by atoms with Gasteiger partial charge in [0.15, 0.2) is 11.6 Å². The highest BCUT2D eigenvalue weighted by Crippen LogP contribution is 2.08. The van der Waals surface area contributed by atoms with Gasteiger partial charge in [-0.2, -0.15) is 0 Å². The lowest BCUT2D eigenvalue weighted by molar-refractivity contribution is -0.136. The molecule has 0 bridgehead atoms. The van der Waals surface area contributed by atoms with Crippen LogP contribution in [0.4, 0.5) is 8.78 Å². The summed E-state index contributed by atoms with van der Waals surface area (Å²) in [6.45, 7) is 1.37. The molecule has 0 aliphatic carbocycles. The van der Waals surface area contributed by atoms with Gasteiger partial charge in [0.25, 0.3) is 5.91 Å². The Morgan fingerprint density at radius 1 is 1.25 bits per heavy atom. The van der Waals surface area contributed by atoms with E-state index in [4.69, 9.17) is 0 Å². The summed E-state index contributed by atoms with van der Waals surface area (Å²) in [5.41, 5.74) is 0.558. The number of halogens is 2. The first-order chi connectivity index (χ1) is 7.50. The average molecular weight is 227 g/mol. The van der Waals surface area contributed by atoms with Crippen molar-refractivity contribution in [1.82, 2.24) is 5.32 Å². The predicted octanol–water partition coefficient (Wildman–Crippen LogP) is 1.21. The Morgan fingerprint density at radius 2 is 1.94 bits per heavy atom. The zero-order chi connectivity index (χ0) is 12.1. The molecular formula is C11H11F2NO2. The number of nitrogens with one attached hydrogen (secondary N) is 1. The highest BCUT2D eigenvalue weighted by Gasteiger charge is 2.06. The maximum Gasteiger partial charge on any atom is 0.287 e. The van der Waals surface area contributed by atoms with Crippen molar-refractivity contribution in [1.29, 1.82) is 0 Å². The largest absolute Gasteiger partial charge is 0.349 e. The molecule has 0 radical (unpaired) electrons. The van der Waals surface area contributed by atoms with Crippen molar-refractivity contribution in [3.05, 3.63) is 35.4 Å². The van der Waals surface area contributed by atoms with E-state index >= 15 is 0 Å². The van der Waals surface area contributed by atoms with Crippen LogP contribution in [0.3, 0.4) is 0 Å². The van der Waals surface area contributed by atoms with Crippen LogP contribution in [0.2, 0.25) is 0 Å². The van der Waals surface area contributed by atoms with Gasteiger partial charge in [0.05, 0.1) is 0 Å². The van der Waals surface area contributed by atoms with Crippen molar-refractivity contribution in [2.45, 2.75) is 13.3 Å². The molecule has 86 valence electrons. The molecule has 0 aliphatic heterocycles. The smallest absolute Gasteiger partial charge is 0.287 e. The third kappa shape index (κ3) is 3.42. The minimum atomic E-state index is -0.921. The van der Waals surface area contributed by atoms with E-state index < -0.39 is 23.3 Å². The summed E-state index contributed by atoms with van der Waals surface area (Å²) >= 11 is 0. The second kappa shape index (κ2) is 5.34. The fraction of sp³-hybridized carbons (Fsp3) is 0.273. The summed E-state index contributed by atoms with van der Waals surface area (Å²) in [5.74, 6) is -3.08. The van der Waals surface area contributed by atoms with Crippen molar-refractivity contribution in [3.63, 3.8) is 0 Å². The summed E-state index contributed by atoms with van der Waals surface area (Å²) in [6.07, 6.45) is 0.343. The fourth-order valence-corrected chi connectivity index (χ4v) is 1.14. The molecule has 0 aliphatic rings. The quantitative estimate of drug-likeness (QED) is 0.786. The number of carbonyl (C=O) groups excluding carboxylic acids is 2. The highest BCUT2D eigenvalue weighted by atomic mass is 19.2. The molecule has 0 atom stereocenters. The SMILES string of the molecule is CC(=O)C(=O)NCCc1ccc(F)c(F)c1. The van der Waals surface area contributed by atoms with Crippen LogP contribution in [0, 0.1) is 11.6 Å². The Balaban J connectivity index is 2.46. The van der Waals surface area contributed by atoms with Gasteiger partial charge in [-0.1, -0.05) is 6.07 Å². The van der Waals surface area contributed by atoms with Crippen molar-refractivity contribution in [2.75, 3.05) is 6.54 Å². The molecule has 0 saturated heterocycles. The molecule has 3 nitrogen and oxygen atoms in total. The number of amides is 1. The topological polar surface area (TPSA) is 46.2 Å². The van der Waals surface area contributed by atoms with Gasteiger partial charge in [-0.05, 0) is 24.1 Å². The van der Waals surface area contributed by atoms with E-state index in [0.29, 0.717) is 12.0 Å². The second-order valence-corrected chi connectivity index (χ2v) is 3.31. The average Bonchev–Trinajstić information content (AvgIpc) is 2.23. The first-order valence-corrected chi connectivity index (χ1v) is 4.73. The Labute approximate surface area is 91.5 Å². The monoisotopic (exact) mass is 227 g/mol. The minimum absolute atomic E-state index is 0.212. The third-order valence-corrected chi connectivity index (χ3v) is 2.00. The first-order valence-electron chi connectivity index (χ1n) is 4.73. The second-order valence-electron chi connectivity index (χ2n) is 3.31. The summed E-state index contributed by atoms with van der Waals surface area (Å²) in [4.78, 5) is 21.4. The van der Waals surface area contributed by atoms with Gasteiger partial charge in [0.1, 0.15) is 0 Å². The zero-order valence-electron chi connectivity index (χ0n) is 8.72. The van der Waals surface area contributed by atoms with E-state index in [-0.39, 0.29) is 6.54 Å². The predicted molar refractivity (Wildman–Crippen MR) is 53.8 cm³/mol. The Bertz CT molecular complexity index is 418. The summed E-state index contributed by atoms with van der Waals surface area (Å²) in [5, 5.41) is 2.36. The molecule has 0 fully saturated rings. The molecule has 1 rings (SSSR count). The van der Waals surface area contributed by atoms with Crippen LogP contribution in [0.25, 0.3) is 0 Å². The molecule has 1 N–H and O–H groups in total. The third-order valence-electron chi connectivity index (χ3n) is 2.00. The van der Waals surface area contributed by atoms with Crippen LogP contribution in [0.15, 0.2) is 18.2 Å². The minimum Gasteiger partial charge on any atom is -0.349 e. The lowest BCUT2D eigenvalue weighted by atomic mass is 10.1. The van der Waals surface area contributed by atoms with Crippen molar-refractivity contribution in [3.8, 4) is 0 Å². The molecule has 1 aromatic carbocycles. The van der Waals surface area contributed by atoms with Gasteiger partial charge in [-0.15, -0.1) is 0 Å². The van der Waals surface area contributed by atoms with Crippen molar-refractivity contribution in [2.24, 2.45) is 0 Å². The van der Waals surface area contributed by atoms with E-state index in [2.05, 4.69) is 5.32 Å². The van der Waals surface area contributed by atoms with Gasteiger partial charge in [-0.3, -0.25) is 9.59 Å². The maximum absolute atomic E-state index is 12.8. The van der Waals surface area contributed by atoms with Crippen LogP contribution in [-0.4, -0.2) is 18.2 Å². The number of benzene rings is 1. The van der Waals surface area contributed by atoms with Crippen LogP contribution >= 0.6 is 0 Å². The number of rotatable bonds is 4. The maximum atomic E-state index is 12.8. The number of Topliss-reactive ketones (excluding diaryl/α,β-unsaturated/α-hetero) is 1. The lowest BCUT2D eigenvalue weighted by Crippen LogP contribution is -2.30. The highest BCUT2D eigenvalue weighted by molar-refractivity contribution is 6.35. The molecule has 1 aromatic rings. The van der Waals surface area contributed by atoms with Gasteiger partial charge < -0.3 is 5.32 Å². The van der Waals surface area contributed by atoms with E-state index in [0.717, 1.165) is 19.1 Å². The van der Waals surface area contributed by atoms with Gasteiger partial charge in [-0.25, -0.2) is 8.78 Å². The first kappa shape index (κ1) is 12.3. The van der Waals surface area contributed by atoms with Gasteiger partial charge >= 0.3 is 0 Å². The Kier molecular flexibility index (Phi) is 4.10. The number of carbonyl (C=O) groups is 2. The molecular weight excluding hydrogens is 216 g/mol.